The minimum Gasteiger partial charge on any atom is -0.493 e. The first-order valence-corrected chi connectivity index (χ1v) is 33.4. The van der Waals surface area contributed by atoms with E-state index in [9.17, 15) is 92.7 Å². The van der Waals surface area contributed by atoms with Crippen molar-refractivity contribution in [3.8, 4) is 11.5 Å². The number of carbonyl (C=O) groups excluding carboxylic acids is 8. The maximum Gasteiger partial charge on any atom is 0.412 e. The van der Waals surface area contributed by atoms with Crippen LogP contribution < -0.4 is 74.8 Å². The maximum atomic E-state index is 14.0. The van der Waals surface area contributed by atoms with Crippen molar-refractivity contribution in [3.63, 3.8) is 0 Å². The highest BCUT2D eigenvalue weighted by molar-refractivity contribution is 8.76. The lowest BCUT2D eigenvalue weighted by atomic mass is 10.1. The number of nitrogens with zero attached hydrogens (tertiary/aromatic N) is 5. The predicted molar refractivity (Wildman–Crippen MR) is 358 cm³/mol. The Morgan fingerprint density at radius 2 is 1.31 bits per heavy atom. The third-order valence-electron chi connectivity index (χ3n) is 15.2. The molecule has 4 aromatic rings. The largest absolute Gasteiger partial charge is 0.493 e. The molecule has 4 heterocycles. The van der Waals surface area contributed by atoms with Gasteiger partial charge in [-0.25, -0.2) is 24.4 Å². The molecule has 0 aliphatic carbocycles. The second-order valence-corrected chi connectivity index (χ2v) is 25.1. The molecule has 41 nitrogen and oxygen atoms in total. The van der Waals surface area contributed by atoms with Crippen molar-refractivity contribution in [1.29, 1.82) is 5.41 Å². The Balaban J connectivity index is 1.01. The Morgan fingerprint density at radius 3 is 1.91 bits per heavy atom. The van der Waals surface area contributed by atoms with Crippen LogP contribution in [0.4, 0.5) is 22.1 Å². The topological polar surface area (TPSA) is 636 Å². The number of aliphatic carboxylic acids is 5. The molecule has 2 saturated heterocycles. The number of fused-ring (bicyclic) bond motifs is 1. The minimum atomic E-state index is -2.18. The molecule has 2 aliphatic heterocycles. The quantitative estimate of drug-likeness (QED) is 0.00703. The molecule has 6 rings (SSSR count). The summed E-state index contributed by atoms with van der Waals surface area (Å²) in [5.74, 6) is -16.7. The fraction of sp³-hybridized carbons (Fsp3) is 0.458. The third-order valence-corrected chi connectivity index (χ3v) is 17.6. The van der Waals surface area contributed by atoms with Gasteiger partial charge in [0.25, 0.3) is 17.4 Å². The Hall–Kier alpha value is -11.5. The van der Waals surface area contributed by atoms with E-state index in [1.54, 1.807) is 4.90 Å². The number of hydrogen-bond donors (Lipinski definition) is 18. The number of hydrogen-bond acceptors (Lipinski definition) is 27. The van der Waals surface area contributed by atoms with Crippen LogP contribution in [0.25, 0.3) is 11.2 Å². The Morgan fingerprint density at radius 1 is 0.725 bits per heavy atom. The molecule has 0 radical (unpaired) electrons. The summed E-state index contributed by atoms with van der Waals surface area (Å²) in [6.45, 7) is 0.349. The van der Waals surface area contributed by atoms with Gasteiger partial charge in [-0.2, -0.15) is 4.98 Å². The summed E-state index contributed by atoms with van der Waals surface area (Å²) in [7, 11) is 4.74. The van der Waals surface area contributed by atoms with E-state index in [2.05, 4.69) is 57.2 Å². The first-order valence-electron chi connectivity index (χ1n) is 30.9. The summed E-state index contributed by atoms with van der Waals surface area (Å²) in [6, 6.07) is -3.65. The zero-order chi connectivity index (χ0) is 74.9. The zero-order valence-corrected chi connectivity index (χ0v) is 56.2. The van der Waals surface area contributed by atoms with Crippen molar-refractivity contribution in [2.24, 2.45) is 5.73 Å². The Labute approximate surface area is 585 Å². The number of rotatable bonds is 39. The Kier molecular flexibility index (Phi) is 29.8. The number of methoxy groups -OCH3 is 2. The second-order valence-electron chi connectivity index (χ2n) is 22.5. The fourth-order valence-corrected chi connectivity index (χ4v) is 12.2. The summed E-state index contributed by atoms with van der Waals surface area (Å²) < 4.78 is 22.0. The van der Waals surface area contributed by atoms with Crippen LogP contribution in [0.3, 0.4) is 0 Å². The van der Waals surface area contributed by atoms with Gasteiger partial charge in [0, 0.05) is 54.0 Å². The number of nitrogens with two attached hydrogens (primary N) is 3. The van der Waals surface area contributed by atoms with Crippen molar-refractivity contribution in [1.82, 2.24) is 67.0 Å². The lowest BCUT2D eigenvalue weighted by Gasteiger charge is -2.33. The van der Waals surface area contributed by atoms with Gasteiger partial charge in [0.05, 0.1) is 76.7 Å². The first-order chi connectivity index (χ1) is 48.5. The van der Waals surface area contributed by atoms with Gasteiger partial charge in [0.2, 0.25) is 35.5 Å². The zero-order valence-electron chi connectivity index (χ0n) is 54.6. The first kappa shape index (κ1) is 79.5. The van der Waals surface area contributed by atoms with E-state index < -0.39 is 182 Å². The van der Waals surface area contributed by atoms with Crippen LogP contribution in [-0.4, -0.2) is 246 Å². The number of ether oxygens (including phenoxy) is 4. The van der Waals surface area contributed by atoms with Gasteiger partial charge in [-0.15, -0.1) is 0 Å². The molecule has 2 aromatic carbocycles. The van der Waals surface area contributed by atoms with Gasteiger partial charge in [-0.1, -0.05) is 21.6 Å². The number of carbonyl (C=O) groups is 13. The van der Waals surface area contributed by atoms with Crippen LogP contribution in [0.1, 0.15) is 84.2 Å². The van der Waals surface area contributed by atoms with Crippen LogP contribution >= 0.6 is 21.6 Å². The molecular formula is C59H76N18O23S2. The molecule has 43 heteroatoms. The van der Waals surface area contributed by atoms with E-state index in [1.807, 2.05) is 5.32 Å². The van der Waals surface area contributed by atoms with E-state index in [0.717, 1.165) is 21.6 Å². The van der Waals surface area contributed by atoms with Crippen molar-refractivity contribution in [2.45, 2.75) is 113 Å². The van der Waals surface area contributed by atoms with Gasteiger partial charge < -0.3 is 109 Å². The molecule has 552 valence electrons. The van der Waals surface area contributed by atoms with Crippen LogP contribution in [0, 0.1) is 5.41 Å². The van der Waals surface area contributed by atoms with Crippen LogP contribution in [0.2, 0.25) is 0 Å². The van der Waals surface area contributed by atoms with Crippen LogP contribution in [-0.2, 0) is 64.0 Å². The monoisotopic (exact) mass is 1470 g/mol. The van der Waals surface area contributed by atoms with Gasteiger partial charge in [0.1, 0.15) is 42.9 Å². The molecule has 0 bridgehead atoms. The van der Waals surface area contributed by atoms with E-state index in [4.69, 9.17) is 41.6 Å². The number of likely N-dealkylation sites (tertiary alicyclic amines) is 1. The standard InChI is InChI=1S/C59H76N18O23S2/c1-97-39-19-30(31(60)20-40(39)98-2)53(91)76-14-4-6-38(76)54-77(15-16-99-54)59(96)100-17-18-101-102-26-37(56(94)95)73-51(89)36(23-44(83)84)72-50(88)35(22-43(81)82)71-48(86)32(5-3-13-64-57(61)62)69-49(87)34(21-42(79)80)68-41(78)12-11-33(55(92)93)70-47(85)27-7-9-28(10-8-27)65-24-29-25-66-46-45(67-29)52(90)75-58(63)74-46/h7-10,19-20,25,32-38,54,65H,3-6,11-18,21-24,26,60H2,1-2H3,(H,68,78)(H,69,87)(H,70,85)(H,71,86)(H,72,88)(H,73,89)(H,79,80)(H,81,82)(H,83,84)(H,92,93)(H,94,95)(H4,61,62,64)(H3,63,66,74,75,90)/t32-,33-,34-,35-,36-,37-,38-,54?/m0/s1. The number of carboxylic acids is 5. The molecule has 2 aliphatic rings. The molecule has 1 unspecified atom stereocenters. The molecule has 0 spiro atoms. The summed E-state index contributed by atoms with van der Waals surface area (Å²) in [5.41, 5.74) is 17.6. The van der Waals surface area contributed by atoms with Crippen molar-refractivity contribution in [3.05, 3.63) is 69.8 Å². The average molecular weight is 1470 g/mol. The summed E-state index contributed by atoms with van der Waals surface area (Å²) in [4.78, 5) is 199. The average Bonchev–Trinajstić information content (AvgIpc) is 1.55. The predicted octanol–water partition coefficient (Wildman–Crippen LogP) is -2.85. The fourth-order valence-electron chi connectivity index (χ4n) is 10.2. The lowest BCUT2D eigenvalue weighted by molar-refractivity contribution is -0.144. The number of guanidine groups is 1. The third kappa shape index (κ3) is 23.6. The van der Waals surface area contributed by atoms with Crippen LogP contribution in [0.15, 0.2) is 47.4 Å². The number of carboxylic acid groups (broad SMARTS) is 5. The number of benzene rings is 2. The number of aromatic amines is 1. The lowest BCUT2D eigenvalue weighted by Crippen LogP contribution is -2.59. The highest BCUT2D eigenvalue weighted by atomic mass is 33.1. The molecule has 8 atom stereocenters. The summed E-state index contributed by atoms with van der Waals surface area (Å²) in [5, 5.41) is 75.0. The molecule has 0 saturated carbocycles. The van der Waals surface area contributed by atoms with Crippen molar-refractivity contribution in [2.75, 3.05) is 75.4 Å². The van der Waals surface area contributed by atoms with Crippen LogP contribution in [0.5, 0.6) is 11.5 Å². The second kappa shape index (κ2) is 38.2. The summed E-state index contributed by atoms with van der Waals surface area (Å²) >= 11 is 0. The Bertz CT molecular complexity index is 3850. The molecule has 8 amide bonds. The summed E-state index contributed by atoms with van der Waals surface area (Å²) in [6.07, 6.45) is -4.74. The molecule has 102 heavy (non-hydrogen) atoms. The molecule has 2 fully saturated rings. The normalized spacial score (nSPS) is 15.7. The van der Waals surface area contributed by atoms with Gasteiger partial charge in [0.15, 0.2) is 34.9 Å². The number of amides is 8. The molecular weight excluding hydrogens is 1390 g/mol. The minimum absolute atomic E-state index is 0.0207. The SMILES string of the molecule is COc1cc(N)c(C(=O)N2CCC[C@H]2C2OCCN2C(=O)OCCSSC[C@H](NC(=O)[C@H](CC(=O)O)NC(=O)[C@H](CC(=O)O)NC(=O)[C@H](CCCNC(=N)N)NC(=O)[C@H](CC(=O)O)NC(=O)CC[C@H](NC(=O)c2ccc(NCc3cnc4nc(N)[nH]c(=O)c4n3)cc2)C(=O)O)C(=O)O)cc1OC. The van der Waals surface area contributed by atoms with Crippen molar-refractivity contribution >= 4 is 133 Å². The van der Waals surface area contributed by atoms with Gasteiger partial charge in [-0.05, 0) is 62.4 Å². The van der Waals surface area contributed by atoms with Gasteiger partial charge >= 0.3 is 35.9 Å². The number of anilines is 3. The smallest absolute Gasteiger partial charge is 0.412 e. The number of nitrogens with one attached hydrogen (secondary N) is 10. The number of aromatic nitrogens is 4. The number of H-pyrrole nitrogens is 1. The molecule has 21 N–H and O–H groups in total. The maximum absolute atomic E-state index is 14.0. The van der Waals surface area contributed by atoms with E-state index in [0.29, 0.717) is 36.5 Å². The van der Waals surface area contributed by atoms with E-state index in [1.165, 1.54) is 61.7 Å². The highest BCUT2D eigenvalue weighted by Crippen LogP contribution is 2.35. The van der Waals surface area contributed by atoms with Crippen molar-refractivity contribution < 1.29 is 107 Å². The van der Waals surface area contributed by atoms with Gasteiger partial charge in [-0.3, -0.25) is 68.0 Å². The van der Waals surface area contributed by atoms with E-state index >= 15 is 0 Å². The van der Waals surface area contributed by atoms with E-state index in [-0.39, 0.29) is 84.7 Å². The number of nitrogen functional groups attached to an aromatic ring is 2. The molecule has 2 aromatic heterocycles. The highest BCUT2D eigenvalue weighted by Gasteiger charge is 2.44.